The monoisotopic (exact) mass is 774 g/mol. The minimum atomic E-state index is -4.62. The Labute approximate surface area is 326 Å². The van der Waals surface area contributed by atoms with Gasteiger partial charge in [0.2, 0.25) is 0 Å². The van der Waals surface area contributed by atoms with Gasteiger partial charge in [0.1, 0.15) is 19.8 Å². The van der Waals surface area contributed by atoms with Gasteiger partial charge in [-0.2, -0.15) is 0 Å². The van der Waals surface area contributed by atoms with E-state index in [1.165, 1.54) is 109 Å². The van der Waals surface area contributed by atoms with E-state index in [4.69, 9.17) is 18.5 Å². The van der Waals surface area contributed by atoms with Crippen LogP contribution in [-0.4, -0.2) is 70.0 Å². The average molecular weight is 774 g/mol. The zero-order chi connectivity index (χ0) is 39.3. The summed E-state index contributed by atoms with van der Waals surface area (Å²) in [7, 11) is 1.17. The Morgan fingerprint density at radius 3 is 1.45 bits per heavy atom. The van der Waals surface area contributed by atoms with Gasteiger partial charge in [-0.3, -0.25) is 14.2 Å². The number of rotatable bonds is 40. The molecule has 0 aliphatic carbocycles. The molecule has 0 fully saturated rings. The Morgan fingerprint density at radius 1 is 0.566 bits per heavy atom. The first-order valence-electron chi connectivity index (χ1n) is 21.9. The van der Waals surface area contributed by atoms with E-state index in [0.29, 0.717) is 17.4 Å². The number of unbranched alkanes of at least 4 members (excludes halogenated alkanes) is 24. The fourth-order valence-electron chi connectivity index (χ4n) is 6.05. The van der Waals surface area contributed by atoms with Crippen molar-refractivity contribution in [2.45, 2.75) is 206 Å². The zero-order valence-corrected chi connectivity index (χ0v) is 36.1. The van der Waals surface area contributed by atoms with Crippen molar-refractivity contribution in [2.24, 2.45) is 0 Å². The first-order chi connectivity index (χ1) is 25.5. The highest BCUT2D eigenvalue weighted by Crippen LogP contribution is 2.38. The van der Waals surface area contributed by atoms with E-state index in [9.17, 15) is 19.0 Å². The second kappa shape index (κ2) is 36.4. The highest BCUT2D eigenvalue weighted by Gasteiger charge is 2.21. The third-order valence-corrected chi connectivity index (χ3v) is 10.5. The summed E-state index contributed by atoms with van der Waals surface area (Å²) in [4.78, 5) is 37.4. The van der Waals surface area contributed by atoms with Gasteiger partial charge in [0, 0.05) is 12.8 Å². The molecule has 0 spiro atoms. The largest absolute Gasteiger partial charge is 0.756 e. The van der Waals surface area contributed by atoms with Crippen LogP contribution in [0.5, 0.6) is 0 Å². The fourth-order valence-corrected chi connectivity index (χ4v) is 6.78. The number of nitrogens with zero attached hydrogens (tertiary/aromatic N) is 1. The maximum atomic E-state index is 12.6. The number of hydrogen-bond donors (Lipinski definition) is 0. The molecular weight excluding hydrogens is 689 g/mol. The molecule has 0 N–H and O–H groups in total. The molecule has 0 aromatic heterocycles. The van der Waals surface area contributed by atoms with Gasteiger partial charge in [0.05, 0.1) is 27.7 Å². The van der Waals surface area contributed by atoms with Crippen LogP contribution in [0.2, 0.25) is 0 Å². The maximum absolute atomic E-state index is 12.6. The van der Waals surface area contributed by atoms with E-state index in [1.54, 1.807) is 0 Å². The minimum absolute atomic E-state index is 0.0295. The number of carbonyl (C=O) groups excluding carboxylic acids is 2. The summed E-state index contributed by atoms with van der Waals surface area (Å²) in [5.74, 6) is -0.837. The number of phosphoric ester groups is 1. The number of ether oxygens (including phenoxy) is 2. The van der Waals surface area contributed by atoms with Crippen LogP contribution in [0.25, 0.3) is 0 Å². The SMILES string of the molecule is CCCC/C=C\CCCCCCCC(=O)O[C@H](COC(=O)CCCCCCCCCCCCCCCCCCCC)COP(=O)([O-])OCC[N+](C)(C)C. The molecule has 0 heterocycles. The van der Waals surface area contributed by atoms with Gasteiger partial charge in [0.15, 0.2) is 6.10 Å². The third kappa shape index (κ3) is 40.2. The molecule has 10 heteroatoms. The van der Waals surface area contributed by atoms with Gasteiger partial charge in [0.25, 0.3) is 7.82 Å². The third-order valence-electron chi connectivity index (χ3n) is 9.54. The molecule has 9 nitrogen and oxygen atoms in total. The van der Waals surface area contributed by atoms with E-state index in [2.05, 4.69) is 26.0 Å². The molecule has 0 aromatic carbocycles. The number of carbonyl (C=O) groups is 2. The number of quaternary nitrogens is 1. The van der Waals surface area contributed by atoms with Crippen LogP contribution in [0.4, 0.5) is 0 Å². The minimum Gasteiger partial charge on any atom is -0.756 e. The molecule has 0 saturated heterocycles. The lowest BCUT2D eigenvalue weighted by molar-refractivity contribution is -0.870. The smallest absolute Gasteiger partial charge is 0.306 e. The lowest BCUT2D eigenvalue weighted by Gasteiger charge is -2.28. The molecule has 2 atom stereocenters. The summed E-state index contributed by atoms with van der Waals surface area (Å²) in [5.41, 5.74) is 0. The normalized spacial score (nSPS) is 13.7. The van der Waals surface area contributed by atoms with Crippen molar-refractivity contribution >= 4 is 19.8 Å². The van der Waals surface area contributed by atoms with Crippen LogP contribution in [-0.2, 0) is 32.7 Å². The summed E-state index contributed by atoms with van der Waals surface area (Å²) < 4.78 is 33.8. The fraction of sp³-hybridized carbons (Fsp3) is 0.907. The van der Waals surface area contributed by atoms with E-state index < -0.39 is 26.5 Å². The maximum Gasteiger partial charge on any atom is 0.306 e. The Kier molecular flexibility index (Phi) is 35.5. The molecular formula is C43H84NO8P. The van der Waals surface area contributed by atoms with Crippen LogP contribution >= 0.6 is 7.82 Å². The lowest BCUT2D eigenvalue weighted by atomic mass is 10.0. The van der Waals surface area contributed by atoms with Crippen molar-refractivity contribution in [3.05, 3.63) is 12.2 Å². The van der Waals surface area contributed by atoms with Crippen molar-refractivity contribution in [2.75, 3.05) is 47.5 Å². The van der Waals surface area contributed by atoms with E-state index >= 15 is 0 Å². The Morgan fingerprint density at radius 2 is 0.981 bits per heavy atom. The molecule has 0 saturated carbocycles. The molecule has 0 bridgehead atoms. The van der Waals surface area contributed by atoms with E-state index in [1.807, 2.05) is 21.1 Å². The highest BCUT2D eigenvalue weighted by molar-refractivity contribution is 7.45. The number of allylic oxidation sites excluding steroid dienone is 2. The molecule has 314 valence electrons. The number of phosphoric acid groups is 1. The summed E-state index contributed by atoms with van der Waals surface area (Å²) in [6, 6.07) is 0. The first-order valence-corrected chi connectivity index (χ1v) is 23.4. The molecule has 0 amide bonds. The van der Waals surface area contributed by atoms with Gasteiger partial charge in [-0.05, 0) is 32.1 Å². The number of likely N-dealkylation sites (N-methyl/N-ethyl adjacent to an activating group) is 1. The van der Waals surface area contributed by atoms with Crippen LogP contribution in [0, 0.1) is 0 Å². The Bertz CT molecular complexity index is 922. The standard InChI is InChI=1S/C43H84NO8P/c1-6-8-10-12-14-16-18-19-20-21-22-23-24-26-27-29-31-33-35-42(45)49-39-41(40-51-53(47,48)50-38-37-44(3,4)5)52-43(46)36-34-32-30-28-25-17-15-13-11-9-7-2/h13,15,41H,6-12,14,16-40H2,1-5H3/b15-13-/t41-/m1/s1. The van der Waals surface area contributed by atoms with Gasteiger partial charge in [-0.25, -0.2) is 0 Å². The van der Waals surface area contributed by atoms with Gasteiger partial charge in [-0.1, -0.05) is 167 Å². The Hall–Kier alpha value is -1.25. The molecule has 0 aromatic rings. The molecule has 0 aliphatic heterocycles. The molecule has 53 heavy (non-hydrogen) atoms. The van der Waals surface area contributed by atoms with Gasteiger partial charge in [-0.15, -0.1) is 0 Å². The van der Waals surface area contributed by atoms with Crippen LogP contribution < -0.4 is 4.89 Å². The highest BCUT2D eigenvalue weighted by atomic mass is 31.2. The number of esters is 2. The summed E-state index contributed by atoms with van der Waals surface area (Å²) in [6.45, 7) is 4.20. The molecule has 0 aliphatic rings. The predicted octanol–water partition coefficient (Wildman–Crippen LogP) is 11.6. The molecule has 1 unspecified atom stereocenters. The van der Waals surface area contributed by atoms with Crippen molar-refractivity contribution in [3.8, 4) is 0 Å². The zero-order valence-electron chi connectivity index (χ0n) is 35.2. The van der Waals surface area contributed by atoms with Crippen molar-refractivity contribution < 1.29 is 42.1 Å². The second-order valence-electron chi connectivity index (χ2n) is 16.1. The van der Waals surface area contributed by atoms with Crippen LogP contribution in [0.15, 0.2) is 12.2 Å². The van der Waals surface area contributed by atoms with Gasteiger partial charge < -0.3 is 27.9 Å². The topological polar surface area (TPSA) is 111 Å². The average Bonchev–Trinajstić information content (AvgIpc) is 3.10. The van der Waals surface area contributed by atoms with E-state index in [0.717, 1.165) is 57.8 Å². The van der Waals surface area contributed by atoms with Crippen molar-refractivity contribution in [1.82, 2.24) is 0 Å². The first kappa shape index (κ1) is 51.8. The summed E-state index contributed by atoms with van der Waals surface area (Å²) in [6.07, 6.45) is 36.7. The predicted molar refractivity (Wildman–Crippen MR) is 218 cm³/mol. The Balaban J connectivity index is 4.27. The molecule has 0 rings (SSSR count). The molecule has 0 radical (unpaired) electrons. The lowest BCUT2D eigenvalue weighted by Crippen LogP contribution is -2.37. The van der Waals surface area contributed by atoms with E-state index in [-0.39, 0.29) is 32.0 Å². The van der Waals surface area contributed by atoms with Crippen molar-refractivity contribution in [1.29, 1.82) is 0 Å². The van der Waals surface area contributed by atoms with Crippen molar-refractivity contribution in [3.63, 3.8) is 0 Å². The summed E-state index contributed by atoms with van der Waals surface area (Å²) in [5, 5.41) is 0. The number of hydrogen-bond acceptors (Lipinski definition) is 8. The second-order valence-corrected chi connectivity index (χ2v) is 17.5. The van der Waals surface area contributed by atoms with Crippen LogP contribution in [0.1, 0.15) is 200 Å². The van der Waals surface area contributed by atoms with Gasteiger partial charge >= 0.3 is 11.9 Å². The summed E-state index contributed by atoms with van der Waals surface area (Å²) >= 11 is 0. The van der Waals surface area contributed by atoms with Crippen LogP contribution in [0.3, 0.4) is 0 Å². The quantitative estimate of drug-likeness (QED) is 0.0199.